The molecule has 1 N–H and O–H groups in total. The Hall–Kier alpha value is -2.28. The van der Waals surface area contributed by atoms with Crippen LogP contribution in [0, 0.1) is 0 Å². The number of aromatic nitrogens is 3. The number of benzene rings is 1. The zero-order chi connectivity index (χ0) is 15.6. The molecule has 23 heavy (non-hydrogen) atoms. The average Bonchev–Trinajstić information content (AvgIpc) is 3.19. The van der Waals surface area contributed by atoms with E-state index in [2.05, 4.69) is 20.1 Å². The Kier molecular flexibility index (Phi) is 3.78. The van der Waals surface area contributed by atoms with Crippen molar-refractivity contribution < 1.29 is 14.2 Å². The lowest BCUT2D eigenvalue weighted by atomic mass is 10.1. The van der Waals surface area contributed by atoms with E-state index < -0.39 is 0 Å². The molecule has 0 unspecified atom stereocenters. The third kappa shape index (κ3) is 2.72. The molecule has 1 aromatic heterocycles. The number of hydrogen-bond acceptors (Lipinski definition) is 6. The molecule has 1 aromatic carbocycles. The molecule has 2 aromatic rings. The quantitative estimate of drug-likeness (QED) is 0.896. The van der Waals surface area contributed by atoms with Crippen LogP contribution in [0.5, 0.6) is 17.2 Å². The van der Waals surface area contributed by atoms with Crippen LogP contribution < -0.4 is 19.5 Å². The number of fused-ring (bicyclic) bond motifs is 2. The lowest BCUT2D eigenvalue weighted by Crippen LogP contribution is -2.18. The zero-order valence-electron chi connectivity index (χ0n) is 13.2. The Balaban J connectivity index is 1.44. The van der Waals surface area contributed by atoms with Crippen LogP contribution in [0.2, 0.25) is 0 Å². The summed E-state index contributed by atoms with van der Waals surface area (Å²) in [4.78, 5) is 0. The molecule has 122 valence electrons. The first-order valence-electron chi connectivity index (χ1n) is 7.93. The minimum absolute atomic E-state index is 0.555. The largest absolute Gasteiger partial charge is 0.493 e. The Bertz CT molecular complexity index is 696. The number of methoxy groups -OCH3 is 1. The molecule has 0 radical (unpaired) electrons. The van der Waals surface area contributed by atoms with Gasteiger partial charge in [0.1, 0.15) is 24.9 Å². The molecule has 4 rings (SSSR count). The second kappa shape index (κ2) is 6.08. The topological polar surface area (TPSA) is 70.4 Å². The van der Waals surface area contributed by atoms with Gasteiger partial charge in [-0.2, -0.15) is 0 Å². The predicted molar refractivity (Wildman–Crippen MR) is 82.9 cm³/mol. The number of aryl methyl sites for hydroxylation is 1. The van der Waals surface area contributed by atoms with Gasteiger partial charge in [-0.25, -0.2) is 0 Å². The minimum atomic E-state index is 0.555. The first kappa shape index (κ1) is 14.3. The summed E-state index contributed by atoms with van der Waals surface area (Å²) in [5, 5.41) is 11.9. The normalized spacial score (nSPS) is 15.5. The fourth-order valence-corrected chi connectivity index (χ4v) is 3.09. The summed E-state index contributed by atoms with van der Waals surface area (Å²) < 4.78 is 18.9. The van der Waals surface area contributed by atoms with E-state index in [1.165, 1.54) is 0 Å². The Morgan fingerprint density at radius 2 is 2.13 bits per heavy atom. The summed E-state index contributed by atoms with van der Waals surface area (Å²) in [5.74, 6) is 4.25. The van der Waals surface area contributed by atoms with Gasteiger partial charge in [0, 0.05) is 19.5 Å². The highest BCUT2D eigenvalue weighted by atomic mass is 16.6. The van der Waals surface area contributed by atoms with Crippen LogP contribution in [0.4, 0.5) is 0 Å². The molecule has 3 heterocycles. The molecule has 0 saturated carbocycles. The maximum absolute atomic E-state index is 5.66. The van der Waals surface area contributed by atoms with Crippen LogP contribution in [0.25, 0.3) is 0 Å². The number of nitrogens with one attached hydrogen (secondary N) is 1. The van der Waals surface area contributed by atoms with Crippen LogP contribution in [-0.4, -0.2) is 35.1 Å². The molecule has 0 bridgehead atoms. The third-order valence-corrected chi connectivity index (χ3v) is 4.19. The van der Waals surface area contributed by atoms with Crippen LogP contribution in [0.3, 0.4) is 0 Å². The smallest absolute Gasteiger partial charge is 0.203 e. The molecule has 0 aliphatic carbocycles. The average molecular weight is 316 g/mol. The molecule has 2 aliphatic heterocycles. The minimum Gasteiger partial charge on any atom is -0.493 e. The number of hydrogen-bond donors (Lipinski definition) is 1. The van der Waals surface area contributed by atoms with E-state index in [1.54, 1.807) is 7.11 Å². The van der Waals surface area contributed by atoms with E-state index in [0.29, 0.717) is 37.8 Å². The molecular weight excluding hydrogens is 296 g/mol. The summed E-state index contributed by atoms with van der Waals surface area (Å²) in [6.07, 6.45) is 2.20. The summed E-state index contributed by atoms with van der Waals surface area (Å²) >= 11 is 0. The van der Waals surface area contributed by atoms with E-state index in [4.69, 9.17) is 14.2 Å². The van der Waals surface area contributed by atoms with Crippen molar-refractivity contribution in [2.45, 2.75) is 32.5 Å². The van der Waals surface area contributed by atoms with Crippen molar-refractivity contribution in [2.75, 3.05) is 20.3 Å². The summed E-state index contributed by atoms with van der Waals surface area (Å²) in [6.45, 7) is 3.55. The molecule has 0 saturated heterocycles. The van der Waals surface area contributed by atoms with E-state index in [1.807, 2.05) is 12.1 Å². The van der Waals surface area contributed by atoms with Gasteiger partial charge >= 0.3 is 0 Å². The van der Waals surface area contributed by atoms with Gasteiger partial charge in [-0.05, 0) is 24.1 Å². The van der Waals surface area contributed by atoms with E-state index in [-0.39, 0.29) is 0 Å². The van der Waals surface area contributed by atoms with Crippen LogP contribution in [0.15, 0.2) is 12.1 Å². The Morgan fingerprint density at radius 3 is 3.04 bits per heavy atom. The molecule has 0 spiro atoms. The van der Waals surface area contributed by atoms with Gasteiger partial charge in [0.25, 0.3) is 0 Å². The van der Waals surface area contributed by atoms with Crippen LogP contribution >= 0.6 is 0 Å². The molecule has 7 nitrogen and oxygen atoms in total. The lowest BCUT2D eigenvalue weighted by molar-refractivity contribution is 0.165. The number of nitrogens with zero attached hydrogens (tertiary/aromatic N) is 3. The van der Waals surface area contributed by atoms with Crippen molar-refractivity contribution >= 4 is 0 Å². The van der Waals surface area contributed by atoms with Gasteiger partial charge in [-0.1, -0.05) is 0 Å². The van der Waals surface area contributed by atoms with Crippen molar-refractivity contribution in [1.29, 1.82) is 0 Å². The monoisotopic (exact) mass is 316 g/mol. The second-order valence-electron chi connectivity index (χ2n) is 5.71. The van der Waals surface area contributed by atoms with Crippen molar-refractivity contribution in [1.82, 2.24) is 20.1 Å². The lowest BCUT2D eigenvalue weighted by Gasteiger charge is -2.21. The third-order valence-electron chi connectivity index (χ3n) is 4.19. The van der Waals surface area contributed by atoms with Crippen LogP contribution in [0.1, 0.15) is 23.6 Å². The fraction of sp³-hybridized carbons (Fsp3) is 0.500. The van der Waals surface area contributed by atoms with Crippen molar-refractivity contribution in [3.8, 4) is 17.2 Å². The SMILES string of the molecule is COc1cc(CNCc2nnc3n2CCC3)cc2c1OCCO2. The summed E-state index contributed by atoms with van der Waals surface area (Å²) in [5.41, 5.74) is 1.09. The van der Waals surface area contributed by atoms with Gasteiger partial charge in [0.05, 0.1) is 13.7 Å². The van der Waals surface area contributed by atoms with E-state index in [0.717, 1.165) is 42.3 Å². The highest BCUT2D eigenvalue weighted by Gasteiger charge is 2.19. The van der Waals surface area contributed by atoms with E-state index >= 15 is 0 Å². The first-order chi connectivity index (χ1) is 11.3. The van der Waals surface area contributed by atoms with Crippen molar-refractivity contribution in [2.24, 2.45) is 0 Å². The molecule has 7 heteroatoms. The molecule has 0 fully saturated rings. The second-order valence-corrected chi connectivity index (χ2v) is 5.71. The summed E-state index contributed by atoms with van der Waals surface area (Å²) in [6, 6.07) is 3.98. The van der Waals surface area contributed by atoms with Gasteiger partial charge < -0.3 is 24.1 Å². The Morgan fingerprint density at radius 1 is 1.22 bits per heavy atom. The Labute approximate surface area is 134 Å². The molecule has 2 aliphatic rings. The fourth-order valence-electron chi connectivity index (χ4n) is 3.09. The molecule has 0 amide bonds. The molecule has 0 atom stereocenters. The van der Waals surface area contributed by atoms with Gasteiger partial charge in [-0.3, -0.25) is 0 Å². The summed E-state index contributed by atoms with van der Waals surface area (Å²) in [7, 11) is 1.64. The zero-order valence-corrected chi connectivity index (χ0v) is 13.2. The standard InChI is InChI=1S/C16H20N4O3/c1-21-12-7-11(8-13-16(12)23-6-5-22-13)9-17-10-15-19-18-14-3-2-4-20(14)15/h7-8,17H,2-6,9-10H2,1H3. The maximum atomic E-state index is 5.66. The van der Waals surface area contributed by atoms with Gasteiger partial charge in [0.15, 0.2) is 11.5 Å². The highest BCUT2D eigenvalue weighted by molar-refractivity contribution is 5.54. The van der Waals surface area contributed by atoms with Crippen molar-refractivity contribution in [3.63, 3.8) is 0 Å². The van der Waals surface area contributed by atoms with Crippen molar-refractivity contribution in [3.05, 3.63) is 29.3 Å². The maximum Gasteiger partial charge on any atom is 0.203 e. The predicted octanol–water partition coefficient (Wildman–Crippen LogP) is 1.29. The van der Waals surface area contributed by atoms with E-state index in [9.17, 15) is 0 Å². The highest BCUT2D eigenvalue weighted by Crippen LogP contribution is 2.40. The van der Waals surface area contributed by atoms with Gasteiger partial charge in [-0.15, -0.1) is 10.2 Å². The van der Waals surface area contributed by atoms with Gasteiger partial charge in [0.2, 0.25) is 5.75 Å². The number of ether oxygens (including phenoxy) is 3. The van der Waals surface area contributed by atoms with Crippen LogP contribution in [-0.2, 0) is 26.1 Å². The first-order valence-corrected chi connectivity index (χ1v) is 7.93. The molecular formula is C16H20N4O3. The number of rotatable bonds is 5.